The fourth-order valence-corrected chi connectivity index (χ4v) is 3.81. The number of carboxylic acid groups (broad SMARTS) is 1. The van der Waals surface area contributed by atoms with Crippen LogP contribution in [0.4, 0.5) is 10.5 Å². The van der Waals surface area contributed by atoms with Crippen molar-refractivity contribution in [2.24, 2.45) is 0 Å². The van der Waals surface area contributed by atoms with Crippen molar-refractivity contribution in [3.8, 4) is 0 Å². The van der Waals surface area contributed by atoms with Gasteiger partial charge >= 0.3 is 12.0 Å². The second-order valence-corrected chi connectivity index (χ2v) is 7.27. The van der Waals surface area contributed by atoms with Crippen LogP contribution < -0.4 is 10.6 Å². The molecule has 21 heavy (non-hydrogen) atoms. The van der Waals surface area contributed by atoms with Crippen molar-refractivity contribution in [2.75, 3.05) is 16.8 Å². The molecule has 0 aliphatic carbocycles. The number of amides is 2. The van der Waals surface area contributed by atoms with Crippen molar-refractivity contribution < 1.29 is 18.9 Å². The minimum Gasteiger partial charge on any atom is -0.478 e. The van der Waals surface area contributed by atoms with Crippen molar-refractivity contribution in [2.45, 2.75) is 18.9 Å². The molecule has 0 radical (unpaired) electrons. The number of urea groups is 1. The molecule has 0 spiro atoms. The van der Waals surface area contributed by atoms with Gasteiger partial charge in [-0.1, -0.05) is 0 Å². The van der Waals surface area contributed by atoms with Crippen LogP contribution in [0.3, 0.4) is 0 Å². The summed E-state index contributed by atoms with van der Waals surface area (Å²) in [6.45, 7) is 0. The first-order chi connectivity index (χ1) is 9.95. The van der Waals surface area contributed by atoms with Crippen LogP contribution in [0.5, 0.6) is 0 Å². The average Bonchev–Trinajstić information content (AvgIpc) is 2.43. The van der Waals surface area contributed by atoms with Gasteiger partial charge in [-0.25, -0.2) is 9.59 Å². The summed E-state index contributed by atoms with van der Waals surface area (Å²) in [7, 11) is -0.759. The number of benzene rings is 1. The summed E-state index contributed by atoms with van der Waals surface area (Å²) < 4.78 is 11.7. The Balaban J connectivity index is 1.93. The molecule has 1 aliphatic heterocycles. The van der Waals surface area contributed by atoms with E-state index in [4.69, 9.17) is 5.11 Å². The van der Waals surface area contributed by atoms with E-state index < -0.39 is 16.8 Å². The highest BCUT2D eigenvalue weighted by Crippen LogP contribution is 2.23. The van der Waals surface area contributed by atoms with E-state index in [-0.39, 0.29) is 17.6 Å². The zero-order chi connectivity index (χ0) is 15.4. The number of carbonyl (C=O) groups is 2. The molecule has 1 aromatic rings. The molecular weight excluding hydrogens is 360 g/mol. The number of aromatic carboxylic acids is 1. The Morgan fingerprint density at radius 2 is 1.95 bits per heavy atom. The molecule has 1 saturated heterocycles. The molecule has 114 valence electrons. The fourth-order valence-electron chi connectivity index (χ4n) is 2.03. The number of halogens is 1. The molecule has 8 heteroatoms. The number of hydrogen-bond donors (Lipinski definition) is 3. The smallest absolute Gasteiger partial charge is 0.335 e. The average molecular weight is 375 g/mol. The Hall–Kier alpha value is -1.41. The van der Waals surface area contributed by atoms with Gasteiger partial charge < -0.3 is 15.7 Å². The van der Waals surface area contributed by atoms with Crippen LogP contribution in [0.25, 0.3) is 0 Å². The standard InChI is InChI=1S/C13H15BrN2O4S/c14-10-7-8(12(17)18)1-2-11(10)16-13(19)15-9-3-5-21(20)6-4-9/h1-2,7,9H,3-6H2,(H,17,18)(H2,15,16,19). The van der Waals surface area contributed by atoms with Crippen LogP contribution >= 0.6 is 15.9 Å². The van der Waals surface area contributed by atoms with Crippen molar-refractivity contribution in [1.29, 1.82) is 0 Å². The predicted octanol–water partition coefficient (Wildman–Crippen LogP) is 2.18. The highest BCUT2D eigenvalue weighted by molar-refractivity contribution is 9.10. The van der Waals surface area contributed by atoms with Crippen molar-refractivity contribution in [1.82, 2.24) is 5.32 Å². The van der Waals surface area contributed by atoms with Crippen LogP contribution in [0.2, 0.25) is 0 Å². The van der Waals surface area contributed by atoms with Gasteiger partial charge in [0.05, 0.1) is 11.3 Å². The lowest BCUT2D eigenvalue weighted by molar-refractivity contribution is 0.0697. The highest BCUT2D eigenvalue weighted by Gasteiger charge is 2.19. The molecule has 1 heterocycles. The van der Waals surface area contributed by atoms with E-state index in [1.807, 2.05) is 0 Å². The maximum absolute atomic E-state index is 11.9. The van der Waals surface area contributed by atoms with Gasteiger partial charge in [0.2, 0.25) is 0 Å². The molecule has 0 atom stereocenters. The van der Waals surface area contributed by atoms with E-state index in [0.29, 0.717) is 34.5 Å². The van der Waals surface area contributed by atoms with Gasteiger partial charge in [0.15, 0.2) is 0 Å². The first-order valence-electron chi connectivity index (χ1n) is 6.41. The van der Waals surface area contributed by atoms with Gasteiger partial charge in [-0.05, 0) is 47.0 Å². The minimum atomic E-state index is -1.03. The van der Waals surface area contributed by atoms with Crippen LogP contribution in [0.1, 0.15) is 23.2 Å². The zero-order valence-corrected chi connectivity index (χ0v) is 13.5. The Labute approximate surface area is 132 Å². The predicted molar refractivity (Wildman–Crippen MR) is 84.2 cm³/mol. The van der Waals surface area contributed by atoms with E-state index in [2.05, 4.69) is 26.6 Å². The summed E-state index contributed by atoms with van der Waals surface area (Å²) in [5, 5.41) is 14.4. The van der Waals surface area contributed by atoms with Crippen LogP contribution in [-0.4, -0.2) is 38.9 Å². The van der Waals surface area contributed by atoms with Crippen molar-refractivity contribution in [3.63, 3.8) is 0 Å². The van der Waals surface area contributed by atoms with Crippen LogP contribution in [-0.2, 0) is 10.8 Å². The largest absolute Gasteiger partial charge is 0.478 e. The summed E-state index contributed by atoms with van der Waals surface area (Å²) in [5.41, 5.74) is 0.638. The fraction of sp³-hybridized carbons (Fsp3) is 0.385. The second kappa shape index (κ2) is 7.04. The highest BCUT2D eigenvalue weighted by atomic mass is 79.9. The zero-order valence-electron chi connectivity index (χ0n) is 11.1. The Morgan fingerprint density at radius 3 is 2.52 bits per heavy atom. The normalized spacial score (nSPS) is 21.6. The third-order valence-electron chi connectivity index (χ3n) is 3.19. The van der Waals surface area contributed by atoms with Gasteiger partial charge in [-0.15, -0.1) is 0 Å². The SMILES string of the molecule is O=C(Nc1ccc(C(=O)O)cc1Br)NC1CCS(=O)CC1. The summed E-state index contributed by atoms with van der Waals surface area (Å²) >= 11 is 3.23. The number of hydrogen-bond acceptors (Lipinski definition) is 3. The third-order valence-corrected chi connectivity index (χ3v) is 5.23. The van der Waals surface area contributed by atoms with E-state index in [0.717, 1.165) is 0 Å². The molecule has 0 aromatic heterocycles. The molecule has 2 amide bonds. The van der Waals surface area contributed by atoms with Gasteiger partial charge in [0.25, 0.3) is 0 Å². The van der Waals surface area contributed by atoms with E-state index >= 15 is 0 Å². The van der Waals surface area contributed by atoms with Crippen molar-refractivity contribution in [3.05, 3.63) is 28.2 Å². The van der Waals surface area contributed by atoms with Crippen LogP contribution in [0.15, 0.2) is 22.7 Å². The van der Waals surface area contributed by atoms with E-state index in [9.17, 15) is 13.8 Å². The number of anilines is 1. The minimum absolute atomic E-state index is 0.0276. The Bertz CT molecular complexity index is 584. The monoisotopic (exact) mass is 374 g/mol. The molecule has 0 unspecified atom stereocenters. The Kier molecular flexibility index (Phi) is 5.35. The number of nitrogens with one attached hydrogen (secondary N) is 2. The molecule has 2 rings (SSSR count). The molecule has 1 aliphatic rings. The van der Waals surface area contributed by atoms with Gasteiger partial charge in [-0.3, -0.25) is 4.21 Å². The van der Waals surface area contributed by atoms with E-state index in [1.165, 1.54) is 18.2 Å². The maximum atomic E-state index is 11.9. The molecule has 1 fully saturated rings. The van der Waals surface area contributed by atoms with Gasteiger partial charge in [-0.2, -0.15) is 0 Å². The first-order valence-corrected chi connectivity index (χ1v) is 8.69. The number of carboxylic acids is 1. The maximum Gasteiger partial charge on any atom is 0.335 e. The Morgan fingerprint density at radius 1 is 1.29 bits per heavy atom. The third kappa shape index (κ3) is 4.53. The lowest BCUT2D eigenvalue weighted by atomic mass is 10.1. The topological polar surface area (TPSA) is 95.5 Å². The van der Waals surface area contributed by atoms with Gasteiger partial charge in [0.1, 0.15) is 0 Å². The summed E-state index contributed by atoms with van der Waals surface area (Å²) in [4.78, 5) is 22.7. The molecular formula is C13H15BrN2O4S. The molecule has 0 bridgehead atoms. The molecule has 0 saturated carbocycles. The summed E-state index contributed by atoms with van der Waals surface area (Å²) in [6.07, 6.45) is 1.41. The molecule has 1 aromatic carbocycles. The summed E-state index contributed by atoms with van der Waals surface area (Å²) in [6, 6.07) is 4.06. The van der Waals surface area contributed by atoms with E-state index in [1.54, 1.807) is 0 Å². The van der Waals surface area contributed by atoms with Crippen LogP contribution in [0, 0.1) is 0 Å². The summed E-state index contributed by atoms with van der Waals surface area (Å²) in [5.74, 6) is 0.200. The lowest BCUT2D eigenvalue weighted by Gasteiger charge is -2.22. The van der Waals surface area contributed by atoms with Gasteiger partial charge in [0, 0.05) is 32.8 Å². The van der Waals surface area contributed by atoms with Crippen molar-refractivity contribution >= 4 is 44.4 Å². The number of rotatable bonds is 3. The first kappa shape index (κ1) is 16.0. The quantitative estimate of drug-likeness (QED) is 0.755. The second-order valence-electron chi connectivity index (χ2n) is 4.72. The molecule has 6 nitrogen and oxygen atoms in total. The number of carbonyl (C=O) groups excluding carboxylic acids is 1. The lowest BCUT2D eigenvalue weighted by Crippen LogP contribution is -2.41. The molecule has 3 N–H and O–H groups in total.